The predicted molar refractivity (Wildman–Crippen MR) is 63.2 cm³/mol. The number of hydrogen-bond donors (Lipinski definition) is 2. The second-order valence-electron chi connectivity index (χ2n) is 4.58. The summed E-state index contributed by atoms with van der Waals surface area (Å²) in [5.74, 6) is -7.05. The first kappa shape index (κ1) is 20.6. The zero-order valence-corrected chi connectivity index (χ0v) is 12.1. The van der Waals surface area contributed by atoms with Gasteiger partial charge in [-0.15, -0.1) is 0 Å². The zero-order chi connectivity index (χ0) is 18.9. The number of benzene rings is 1. The molecule has 0 radical (unpaired) electrons. The second kappa shape index (κ2) is 6.80. The monoisotopic (exact) mass is 387 g/mol. The SMILES string of the molecule is O=S(=O)(NC(CO)C(C(F)(F)F)C(F)(F)F)c1cc(F)cc(F)c1. The molecule has 1 atom stereocenters. The molecule has 13 heteroatoms. The molecule has 0 aliphatic carbocycles. The minimum atomic E-state index is -5.93. The van der Waals surface area contributed by atoms with E-state index < -0.39 is 57.5 Å². The van der Waals surface area contributed by atoms with Crippen molar-refractivity contribution in [3.8, 4) is 0 Å². The Hall–Kier alpha value is -1.47. The van der Waals surface area contributed by atoms with E-state index in [0.29, 0.717) is 0 Å². The number of nitrogens with one attached hydrogen (secondary N) is 1. The third-order valence-electron chi connectivity index (χ3n) is 2.76. The third-order valence-corrected chi connectivity index (χ3v) is 4.23. The fourth-order valence-corrected chi connectivity index (χ4v) is 3.08. The molecule has 24 heavy (non-hydrogen) atoms. The minimum absolute atomic E-state index is 0.191. The molecule has 1 rings (SSSR count). The lowest BCUT2D eigenvalue weighted by atomic mass is 10.00. The van der Waals surface area contributed by atoms with Gasteiger partial charge in [0.2, 0.25) is 10.0 Å². The van der Waals surface area contributed by atoms with Crippen molar-refractivity contribution in [3.05, 3.63) is 29.8 Å². The molecule has 0 saturated heterocycles. The summed E-state index contributed by atoms with van der Waals surface area (Å²) >= 11 is 0. The highest BCUT2D eigenvalue weighted by Crippen LogP contribution is 2.41. The molecule has 0 saturated carbocycles. The van der Waals surface area contributed by atoms with Crippen LogP contribution in [0.25, 0.3) is 0 Å². The summed E-state index contributed by atoms with van der Waals surface area (Å²) in [5, 5.41) is 8.77. The molecule has 0 amide bonds. The number of aliphatic hydroxyl groups is 1. The fraction of sp³-hybridized carbons (Fsp3) is 0.455. The Morgan fingerprint density at radius 3 is 1.71 bits per heavy atom. The smallest absolute Gasteiger partial charge is 0.395 e. The van der Waals surface area contributed by atoms with Gasteiger partial charge < -0.3 is 5.11 Å². The molecule has 0 spiro atoms. The number of aliphatic hydroxyl groups excluding tert-OH is 1. The van der Waals surface area contributed by atoms with Crippen LogP contribution in [-0.4, -0.2) is 38.5 Å². The van der Waals surface area contributed by atoms with Crippen molar-refractivity contribution in [2.75, 3.05) is 6.61 Å². The van der Waals surface area contributed by atoms with Crippen LogP contribution in [0, 0.1) is 17.6 Å². The predicted octanol–water partition coefficient (Wildman–Crippen LogP) is 2.34. The van der Waals surface area contributed by atoms with Crippen LogP contribution in [0.15, 0.2) is 23.1 Å². The van der Waals surface area contributed by atoms with Crippen molar-refractivity contribution < 1.29 is 48.6 Å². The fourth-order valence-electron chi connectivity index (χ4n) is 1.80. The zero-order valence-electron chi connectivity index (χ0n) is 11.3. The molecule has 1 unspecified atom stereocenters. The standard InChI is InChI=1S/C11H9F8NO3S/c12-5-1-6(13)3-7(2-5)24(22,23)20-8(4-21)9(10(14,15)16)11(17,18)19/h1-3,8-9,20-21H,4H2. The molecule has 138 valence electrons. The molecule has 0 aliphatic rings. The van der Waals surface area contributed by atoms with Gasteiger partial charge in [-0.3, -0.25) is 0 Å². The second-order valence-corrected chi connectivity index (χ2v) is 6.29. The number of hydrogen-bond acceptors (Lipinski definition) is 3. The topological polar surface area (TPSA) is 66.4 Å². The molecular formula is C11H9F8NO3S. The molecule has 1 aromatic carbocycles. The lowest BCUT2D eigenvalue weighted by Gasteiger charge is -2.29. The van der Waals surface area contributed by atoms with Crippen molar-refractivity contribution in [2.24, 2.45) is 5.92 Å². The maximum atomic E-state index is 13.0. The maximum Gasteiger partial charge on any atom is 0.402 e. The number of sulfonamides is 1. The highest BCUT2D eigenvalue weighted by Gasteiger charge is 2.60. The molecular weight excluding hydrogens is 378 g/mol. The third kappa shape index (κ3) is 5.01. The molecule has 0 heterocycles. The van der Waals surface area contributed by atoms with Gasteiger partial charge in [0.15, 0.2) is 5.92 Å². The quantitative estimate of drug-likeness (QED) is 0.763. The summed E-state index contributed by atoms with van der Waals surface area (Å²) in [6, 6.07) is -2.41. The van der Waals surface area contributed by atoms with Crippen molar-refractivity contribution in [3.63, 3.8) is 0 Å². The van der Waals surface area contributed by atoms with E-state index in [4.69, 9.17) is 5.11 Å². The van der Waals surface area contributed by atoms with Gasteiger partial charge in [0.25, 0.3) is 0 Å². The van der Waals surface area contributed by atoms with Crippen LogP contribution in [0.2, 0.25) is 0 Å². The number of alkyl halides is 6. The molecule has 4 nitrogen and oxygen atoms in total. The molecule has 0 aromatic heterocycles. The Morgan fingerprint density at radius 2 is 1.38 bits per heavy atom. The van der Waals surface area contributed by atoms with E-state index in [9.17, 15) is 43.5 Å². The Kier molecular flexibility index (Phi) is 5.83. The average Bonchev–Trinajstić information content (AvgIpc) is 2.32. The van der Waals surface area contributed by atoms with Crippen molar-refractivity contribution in [1.82, 2.24) is 4.72 Å². The highest BCUT2D eigenvalue weighted by molar-refractivity contribution is 7.89. The highest BCUT2D eigenvalue weighted by atomic mass is 32.2. The van der Waals surface area contributed by atoms with E-state index in [1.165, 1.54) is 0 Å². The molecule has 1 aromatic rings. The van der Waals surface area contributed by atoms with Gasteiger partial charge in [-0.25, -0.2) is 21.9 Å². The van der Waals surface area contributed by atoms with E-state index in [-0.39, 0.29) is 18.2 Å². The Balaban J connectivity index is 3.26. The van der Waals surface area contributed by atoms with Gasteiger partial charge in [-0.1, -0.05) is 0 Å². The van der Waals surface area contributed by atoms with Gasteiger partial charge in [-0.05, 0) is 12.1 Å². The first-order chi connectivity index (χ1) is 10.7. The summed E-state index contributed by atoms with van der Waals surface area (Å²) in [6.45, 7) is -1.86. The van der Waals surface area contributed by atoms with E-state index in [0.717, 1.165) is 4.72 Å². The van der Waals surface area contributed by atoms with E-state index in [1.54, 1.807) is 0 Å². The van der Waals surface area contributed by atoms with E-state index in [1.807, 2.05) is 0 Å². The van der Waals surface area contributed by atoms with Crippen LogP contribution in [0.5, 0.6) is 0 Å². The molecule has 0 aliphatic heterocycles. The van der Waals surface area contributed by atoms with E-state index in [2.05, 4.69) is 0 Å². The summed E-state index contributed by atoms with van der Waals surface area (Å²) in [7, 11) is -5.17. The number of rotatable bonds is 5. The van der Waals surface area contributed by atoms with Crippen molar-refractivity contribution in [2.45, 2.75) is 23.3 Å². The lowest BCUT2D eigenvalue weighted by molar-refractivity contribution is -0.292. The van der Waals surface area contributed by atoms with Crippen LogP contribution in [0.3, 0.4) is 0 Å². The Morgan fingerprint density at radius 1 is 0.958 bits per heavy atom. The summed E-state index contributed by atoms with van der Waals surface area (Å²) in [5.41, 5.74) is 0. The first-order valence-corrected chi connectivity index (χ1v) is 7.39. The Labute approximate surface area is 130 Å². The largest absolute Gasteiger partial charge is 0.402 e. The summed E-state index contributed by atoms with van der Waals surface area (Å²) < 4.78 is 126. The van der Waals surface area contributed by atoms with E-state index >= 15 is 0 Å². The van der Waals surface area contributed by atoms with Crippen LogP contribution < -0.4 is 4.72 Å². The van der Waals surface area contributed by atoms with Gasteiger partial charge in [0, 0.05) is 6.07 Å². The molecule has 0 fully saturated rings. The summed E-state index contributed by atoms with van der Waals surface area (Å²) in [4.78, 5) is -1.23. The van der Waals surface area contributed by atoms with Crippen LogP contribution >= 0.6 is 0 Å². The van der Waals surface area contributed by atoms with Gasteiger partial charge in [-0.2, -0.15) is 26.3 Å². The Bertz CT molecular complexity index is 651. The van der Waals surface area contributed by atoms with Crippen LogP contribution in [-0.2, 0) is 10.0 Å². The number of halogens is 8. The molecule has 0 bridgehead atoms. The van der Waals surface area contributed by atoms with Crippen molar-refractivity contribution >= 4 is 10.0 Å². The van der Waals surface area contributed by atoms with Crippen molar-refractivity contribution in [1.29, 1.82) is 0 Å². The minimum Gasteiger partial charge on any atom is -0.395 e. The van der Waals surface area contributed by atoms with Crippen LogP contribution in [0.4, 0.5) is 35.1 Å². The van der Waals surface area contributed by atoms with Gasteiger partial charge in [0.1, 0.15) is 11.6 Å². The normalized spacial score (nSPS) is 14.9. The van der Waals surface area contributed by atoms with Gasteiger partial charge in [0.05, 0.1) is 17.5 Å². The van der Waals surface area contributed by atoms with Gasteiger partial charge >= 0.3 is 12.4 Å². The lowest BCUT2D eigenvalue weighted by Crippen LogP contribution is -2.54. The summed E-state index contributed by atoms with van der Waals surface area (Å²) in [6.07, 6.45) is -11.9. The van der Waals surface area contributed by atoms with Crippen LogP contribution in [0.1, 0.15) is 0 Å². The maximum absolute atomic E-state index is 13.0. The molecule has 2 N–H and O–H groups in total. The first-order valence-electron chi connectivity index (χ1n) is 5.91. The average molecular weight is 387 g/mol.